The van der Waals surface area contributed by atoms with Crippen LogP contribution in [0.25, 0.3) is 0 Å². The maximum Gasteiger partial charge on any atom is 0.271 e. The average Bonchev–Trinajstić information content (AvgIpc) is 2.70. The predicted molar refractivity (Wildman–Crippen MR) is 80.1 cm³/mol. The molecule has 5 rings (SSSR count). The smallest absolute Gasteiger partial charge is 0.271 e. The lowest BCUT2D eigenvalue weighted by Gasteiger charge is -2.39. The molecule has 21 heavy (non-hydrogen) atoms. The second kappa shape index (κ2) is 4.97. The van der Waals surface area contributed by atoms with Crippen LogP contribution < -0.4 is 10.2 Å². The number of anilines is 1. The van der Waals surface area contributed by atoms with Crippen molar-refractivity contribution in [1.29, 1.82) is 0 Å². The van der Waals surface area contributed by atoms with Crippen LogP contribution in [0.4, 0.5) is 5.82 Å². The largest absolute Gasteiger partial charge is 0.354 e. The van der Waals surface area contributed by atoms with E-state index >= 15 is 0 Å². The normalized spacial score (nSPS) is 33.9. The van der Waals surface area contributed by atoms with Crippen molar-refractivity contribution in [2.24, 2.45) is 17.8 Å². The first kappa shape index (κ1) is 13.0. The number of fused-ring (bicyclic) bond motifs is 1. The molecule has 2 saturated carbocycles. The van der Waals surface area contributed by atoms with Crippen LogP contribution in [0.3, 0.4) is 0 Å². The van der Waals surface area contributed by atoms with Crippen LogP contribution in [-0.4, -0.2) is 35.7 Å². The minimum Gasteiger partial charge on any atom is -0.354 e. The van der Waals surface area contributed by atoms with E-state index in [-0.39, 0.29) is 5.91 Å². The van der Waals surface area contributed by atoms with Crippen molar-refractivity contribution in [3.05, 3.63) is 17.8 Å². The Morgan fingerprint density at radius 1 is 1.10 bits per heavy atom. The highest BCUT2D eigenvalue weighted by atomic mass is 16.1. The first-order valence-electron chi connectivity index (χ1n) is 8.05. The van der Waals surface area contributed by atoms with Gasteiger partial charge in [-0.2, -0.15) is 0 Å². The van der Waals surface area contributed by atoms with Crippen molar-refractivity contribution < 1.29 is 4.79 Å². The molecule has 4 bridgehead atoms. The molecule has 2 saturated heterocycles. The van der Waals surface area contributed by atoms with Gasteiger partial charge in [-0.05, 0) is 62.0 Å². The van der Waals surface area contributed by atoms with Crippen LogP contribution in [0, 0.1) is 17.8 Å². The molecule has 0 aromatic carbocycles. The second-order valence-corrected chi connectivity index (χ2v) is 6.94. The van der Waals surface area contributed by atoms with E-state index in [0.717, 1.165) is 30.1 Å². The van der Waals surface area contributed by atoms with Gasteiger partial charge >= 0.3 is 0 Å². The molecule has 2 aliphatic heterocycles. The van der Waals surface area contributed by atoms with Crippen molar-refractivity contribution in [2.75, 3.05) is 18.5 Å². The molecule has 112 valence electrons. The average molecular weight is 286 g/mol. The molecule has 2 aliphatic carbocycles. The molecule has 3 heterocycles. The second-order valence-electron chi connectivity index (χ2n) is 6.94. The minimum absolute atomic E-state index is 0.176. The minimum atomic E-state index is -0.176. The highest BCUT2D eigenvalue weighted by Gasteiger charge is 2.43. The number of rotatable bonds is 2. The van der Waals surface area contributed by atoms with Crippen molar-refractivity contribution >= 4 is 11.7 Å². The maximum absolute atomic E-state index is 11.6. The molecule has 2 unspecified atom stereocenters. The number of carbonyl (C=O) groups excluding carboxylic acids is 1. The lowest BCUT2D eigenvalue weighted by molar-refractivity contribution is 0.0957. The van der Waals surface area contributed by atoms with Gasteiger partial charge in [-0.25, -0.2) is 0 Å². The molecular weight excluding hydrogens is 264 g/mol. The van der Waals surface area contributed by atoms with Gasteiger partial charge in [0.2, 0.25) is 0 Å². The Morgan fingerprint density at radius 2 is 1.81 bits per heavy atom. The fraction of sp³-hybridized carbons (Fsp3) is 0.688. The summed E-state index contributed by atoms with van der Waals surface area (Å²) in [6.07, 6.45) is 6.86. The molecule has 2 atom stereocenters. The molecule has 0 spiro atoms. The van der Waals surface area contributed by atoms with E-state index < -0.39 is 0 Å². The van der Waals surface area contributed by atoms with Gasteiger partial charge in [-0.15, -0.1) is 10.2 Å². The molecule has 4 fully saturated rings. The molecule has 1 aromatic rings. The SMILES string of the molecule is CNC(=O)c1ccc(N2CC3CC4CC(C3)CC2C4)nn1. The van der Waals surface area contributed by atoms with Crippen molar-refractivity contribution in [2.45, 2.75) is 38.1 Å². The first-order chi connectivity index (χ1) is 10.2. The van der Waals surface area contributed by atoms with Crippen molar-refractivity contribution in [3.63, 3.8) is 0 Å². The topological polar surface area (TPSA) is 58.1 Å². The summed E-state index contributed by atoms with van der Waals surface area (Å²) in [4.78, 5) is 14.0. The lowest BCUT2D eigenvalue weighted by atomic mass is 9.68. The Bertz CT molecular complexity index is 530. The van der Waals surface area contributed by atoms with Crippen LogP contribution in [-0.2, 0) is 0 Å². The molecule has 1 N–H and O–H groups in total. The van der Waals surface area contributed by atoms with Crippen LogP contribution in [0.5, 0.6) is 0 Å². The quantitative estimate of drug-likeness (QED) is 0.901. The fourth-order valence-electron chi connectivity index (χ4n) is 4.79. The van der Waals surface area contributed by atoms with Crippen LogP contribution in [0.15, 0.2) is 12.1 Å². The van der Waals surface area contributed by atoms with E-state index in [1.54, 1.807) is 13.1 Å². The third-order valence-corrected chi connectivity index (χ3v) is 5.51. The summed E-state index contributed by atoms with van der Waals surface area (Å²) in [6.45, 7) is 1.12. The molecule has 1 aromatic heterocycles. The van der Waals surface area contributed by atoms with E-state index in [1.165, 1.54) is 32.1 Å². The fourth-order valence-corrected chi connectivity index (χ4v) is 4.79. The van der Waals surface area contributed by atoms with E-state index in [2.05, 4.69) is 20.4 Å². The van der Waals surface area contributed by atoms with Crippen LogP contribution >= 0.6 is 0 Å². The Balaban J connectivity index is 1.59. The summed E-state index contributed by atoms with van der Waals surface area (Å²) in [7, 11) is 1.61. The molecule has 0 radical (unpaired) electrons. The van der Waals surface area contributed by atoms with Crippen molar-refractivity contribution in [1.82, 2.24) is 15.5 Å². The van der Waals surface area contributed by atoms with E-state index in [0.29, 0.717) is 11.7 Å². The standard InChI is InChI=1S/C16H22N4O/c1-17-16(21)14-2-3-15(19-18-14)20-9-12-5-10-4-11(6-12)8-13(20)7-10/h2-3,10-13H,4-9H2,1H3,(H,17,21). The number of carbonyl (C=O) groups is 1. The Morgan fingerprint density at radius 3 is 2.43 bits per heavy atom. The zero-order valence-corrected chi connectivity index (χ0v) is 12.5. The molecule has 5 heteroatoms. The third kappa shape index (κ3) is 2.28. The number of amides is 1. The van der Waals surface area contributed by atoms with Gasteiger partial charge in [-0.3, -0.25) is 4.79 Å². The third-order valence-electron chi connectivity index (χ3n) is 5.51. The highest BCUT2D eigenvalue weighted by Crippen LogP contribution is 2.48. The van der Waals surface area contributed by atoms with Gasteiger partial charge in [0, 0.05) is 19.6 Å². The number of aromatic nitrogens is 2. The summed E-state index contributed by atoms with van der Waals surface area (Å²) in [5.41, 5.74) is 0.391. The van der Waals surface area contributed by atoms with Gasteiger partial charge < -0.3 is 10.2 Å². The molecule has 1 amide bonds. The predicted octanol–water partition coefficient (Wildman–Crippen LogP) is 1.85. The van der Waals surface area contributed by atoms with Crippen LogP contribution in [0.2, 0.25) is 0 Å². The first-order valence-corrected chi connectivity index (χ1v) is 8.05. The van der Waals surface area contributed by atoms with Crippen molar-refractivity contribution in [3.8, 4) is 0 Å². The number of nitrogens with one attached hydrogen (secondary N) is 1. The zero-order chi connectivity index (χ0) is 14.4. The monoisotopic (exact) mass is 286 g/mol. The number of hydrogen-bond acceptors (Lipinski definition) is 4. The molecular formula is C16H22N4O. The maximum atomic E-state index is 11.6. The van der Waals surface area contributed by atoms with Gasteiger partial charge in [0.1, 0.15) is 0 Å². The van der Waals surface area contributed by atoms with Crippen LogP contribution in [0.1, 0.15) is 42.6 Å². The number of nitrogens with zero attached hydrogens (tertiary/aromatic N) is 3. The van der Waals surface area contributed by atoms with Gasteiger partial charge in [-0.1, -0.05) is 0 Å². The van der Waals surface area contributed by atoms with Gasteiger partial charge in [0.15, 0.2) is 11.5 Å². The lowest BCUT2D eigenvalue weighted by Crippen LogP contribution is -2.38. The Hall–Kier alpha value is -1.65. The molecule has 5 nitrogen and oxygen atoms in total. The zero-order valence-electron chi connectivity index (χ0n) is 12.5. The van der Waals surface area contributed by atoms with E-state index in [1.807, 2.05) is 6.07 Å². The van der Waals surface area contributed by atoms with Gasteiger partial charge in [0.05, 0.1) is 0 Å². The Kier molecular flexibility index (Phi) is 3.08. The summed E-state index contributed by atoms with van der Waals surface area (Å²) in [5.74, 6) is 3.44. The highest BCUT2D eigenvalue weighted by molar-refractivity contribution is 5.91. The van der Waals surface area contributed by atoms with E-state index in [9.17, 15) is 4.79 Å². The summed E-state index contributed by atoms with van der Waals surface area (Å²) in [6, 6.07) is 4.38. The Labute approximate surface area is 125 Å². The molecule has 4 aliphatic rings. The van der Waals surface area contributed by atoms with Gasteiger partial charge in [0.25, 0.3) is 5.91 Å². The number of hydrogen-bond donors (Lipinski definition) is 1. The summed E-state index contributed by atoms with van der Waals surface area (Å²) in [5, 5.41) is 11.0. The summed E-state index contributed by atoms with van der Waals surface area (Å²) < 4.78 is 0. The summed E-state index contributed by atoms with van der Waals surface area (Å²) >= 11 is 0. The van der Waals surface area contributed by atoms with E-state index in [4.69, 9.17) is 0 Å².